The third-order valence-corrected chi connectivity index (χ3v) is 3.23. The van der Waals surface area contributed by atoms with Crippen molar-refractivity contribution in [2.45, 2.75) is 0 Å². The van der Waals surface area contributed by atoms with E-state index >= 15 is 0 Å². The van der Waals surface area contributed by atoms with E-state index in [4.69, 9.17) is 16.0 Å². The highest BCUT2D eigenvalue weighted by Crippen LogP contribution is 2.33. The maximum absolute atomic E-state index is 5.59. The topological polar surface area (TPSA) is 38.9 Å². The molecule has 0 radical (unpaired) electrons. The van der Waals surface area contributed by atoms with Crippen LogP contribution in [0.15, 0.2) is 34.1 Å². The van der Waals surface area contributed by atoms with Gasteiger partial charge in [0.15, 0.2) is 0 Å². The lowest BCUT2D eigenvalue weighted by Gasteiger charge is -1.91. The molecule has 2 heterocycles. The Balaban J connectivity index is 2.27. The molecule has 0 aliphatic heterocycles. The molecule has 0 N–H and O–H groups in total. The Kier molecular flexibility index (Phi) is 1.97. The first-order valence-electron chi connectivity index (χ1n) is 4.30. The summed E-state index contributed by atoms with van der Waals surface area (Å²) in [5, 5.41) is 10.7. The number of benzene rings is 1. The molecule has 0 spiro atoms. The number of nitrogens with zero attached hydrogens (tertiary/aromatic N) is 2. The summed E-state index contributed by atoms with van der Waals surface area (Å²) < 4.78 is 6.38. The highest BCUT2D eigenvalue weighted by Gasteiger charge is 2.11. The number of halogens is 1. The zero-order chi connectivity index (χ0) is 10.3. The maximum atomic E-state index is 5.59. The van der Waals surface area contributed by atoms with Gasteiger partial charge in [-0.15, -0.1) is 16.4 Å². The van der Waals surface area contributed by atoms with Crippen molar-refractivity contribution in [1.29, 1.82) is 0 Å². The van der Waals surface area contributed by atoms with Crippen LogP contribution in [0, 0.1) is 0 Å². The van der Waals surface area contributed by atoms with Crippen molar-refractivity contribution in [3.63, 3.8) is 0 Å². The van der Waals surface area contributed by atoms with E-state index in [0.717, 1.165) is 10.9 Å². The van der Waals surface area contributed by atoms with Gasteiger partial charge in [0, 0.05) is 15.5 Å². The summed E-state index contributed by atoms with van der Waals surface area (Å²) in [7, 11) is 0. The SMILES string of the molecule is Clc1nnc(-c2csc3ccccc23)o1. The lowest BCUT2D eigenvalue weighted by molar-refractivity contribution is 0.571. The Morgan fingerprint density at radius 2 is 2.07 bits per heavy atom. The number of fused-ring (bicyclic) bond motifs is 1. The molecule has 0 aliphatic carbocycles. The normalized spacial score (nSPS) is 11.0. The summed E-state index contributed by atoms with van der Waals surface area (Å²) in [5.41, 5.74) is 0.940. The summed E-state index contributed by atoms with van der Waals surface area (Å²) in [4.78, 5) is 0. The standard InChI is InChI=1S/C10H5ClN2OS/c11-10-13-12-9(14-10)7-5-15-8-4-2-1-3-6(7)8/h1-5H. The van der Waals surface area contributed by atoms with Crippen molar-refractivity contribution in [3.8, 4) is 11.5 Å². The molecule has 3 aromatic rings. The summed E-state index contributed by atoms with van der Waals surface area (Å²) in [5.74, 6) is 0.470. The first kappa shape index (κ1) is 8.88. The van der Waals surface area contributed by atoms with Crippen molar-refractivity contribution in [2.75, 3.05) is 0 Å². The molecule has 0 aliphatic rings. The van der Waals surface area contributed by atoms with E-state index in [1.165, 1.54) is 4.70 Å². The van der Waals surface area contributed by atoms with Gasteiger partial charge >= 0.3 is 5.35 Å². The van der Waals surface area contributed by atoms with Crippen LogP contribution >= 0.6 is 22.9 Å². The van der Waals surface area contributed by atoms with Gasteiger partial charge in [-0.3, -0.25) is 0 Å². The van der Waals surface area contributed by atoms with Gasteiger partial charge in [-0.2, -0.15) is 0 Å². The van der Waals surface area contributed by atoms with E-state index in [-0.39, 0.29) is 5.35 Å². The third kappa shape index (κ3) is 1.42. The van der Waals surface area contributed by atoms with Crippen LogP contribution in [-0.2, 0) is 0 Å². The molecule has 1 aromatic carbocycles. The van der Waals surface area contributed by atoms with E-state index in [2.05, 4.69) is 16.3 Å². The Bertz CT molecular complexity index is 616. The molecule has 0 bridgehead atoms. The third-order valence-electron chi connectivity index (χ3n) is 2.11. The minimum Gasteiger partial charge on any atom is -0.407 e. The van der Waals surface area contributed by atoms with Crippen molar-refractivity contribution < 1.29 is 4.42 Å². The smallest absolute Gasteiger partial charge is 0.313 e. The summed E-state index contributed by atoms with van der Waals surface area (Å²) in [6.45, 7) is 0. The zero-order valence-electron chi connectivity index (χ0n) is 7.48. The summed E-state index contributed by atoms with van der Waals surface area (Å²) in [6.07, 6.45) is 0. The second kappa shape index (κ2) is 3.32. The fourth-order valence-electron chi connectivity index (χ4n) is 1.46. The van der Waals surface area contributed by atoms with E-state index in [1.807, 2.05) is 23.6 Å². The van der Waals surface area contributed by atoms with Gasteiger partial charge in [-0.1, -0.05) is 23.3 Å². The second-order valence-corrected chi connectivity index (χ2v) is 4.24. The molecule has 0 fully saturated rings. The number of hydrogen-bond acceptors (Lipinski definition) is 4. The predicted octanol–water partition coefficient (Wildman–Crippen LogP) is 3.60. The van der Waals surface area contributed by atoms with Crippen molar-refractivity contribution in [1.82, 2.24) is 10.2 Å². The Morgan fingerprint density at radius 3 is 2.87 bits per heavy atom. The number of rotatable bonds is 1. The maximum Gasteiger partial charge on any atom is 0.313 e. The van der Waals surface area contributed by atoms with Crippen molar-refractivity contribution >= 4 is 33.0 Å². The first-order chi connectivity index (χ1) is 7.34. The first-order valence-corrected chi connectivity index (χ1v) is 5.56. The molecule has 15 heavy (non-hydrogen) atoms. The number of aromatic nitrogens is 2. The van der Waals surface area contributed by atoms with Crippen LogP contribution in [0.2, 0.25) is 5.35 Å². The summed E-state index contributed by atoms with van der Waals surface area (Å²) >= 11 is 7.24. The van der Waals surface area contributed by atoms with Crippen molar-refractivity contribution in [2.24, 2.45) is 0 Å². The molecule has 2 aromatic heterocycles. The van der Waals surface area contributed by atoms with Crippen LogP contribution in [-0.4, -0.2) is 10.2 Å². The van der Waals surface area contributed by atoms with Crippen LogP contribution in [0.4, 0.5) is 0 Å². The van der Waals surface area contributed by atoms with Crippen LogP contribution in [0.3, 0.4) is 0 Å². The predicted molar refractivity (Wildman–Crippen MR) is 60.1 cm³/mol. The highest BCUT2D eigenvalue weighted by molar-refractivity contribution is 7.17. The fraction of sp³-hybridized carbons (Fsp3) is 0. The van der Waals surface area contributed by atoms with Crippen LogP contribution < -0.4 is 0 Å². The fourth-order valence-corrected chi connectivity index (χ4v) is 2.50. The molecule has 0 saturated carbocycles. The van der Waals surface area contributed by atoms with Gasteiger partial charge in [0.1, 0.15) is 0 Å². The van der Waals surface area contributed by atoms with Gasteiger partial charge in [-0.05, 0) is 17.7 Å². The number of thiophene rings is 1. The molecule has 3 nitrogen and oxygen atoms in total. The quantitative estimate of drug-likeness (QED) is 0.648. The molecule has 5 heteroatoms. The van der Waals surface area contributed by atoms with E-state index in [1.54, 1.807) is 11.3 Å². The van der Waals surface area contributed by atoms with Gasteiger partial charge < -0.3 is 4.42 Å². The monoisotopic (exact) mass is 236 g/mol. The lowest BCUT2D eigenvalue weighted by Crippen LogP contribution is -1.74. The van der Waals surface area contributed by atoms with Gasteiger partial charge in [0.2, 0.25) is 0 Å². The molecule has 0 amide bonds. The molecule has 0 unspecified atom stereocenters. The van der Waals surface area contributed by atoms with E-state index in [0.29, 0.717) is 5.89 Å². The lowest BCUT2D eigenvalue weighted by atomic mass is 10.2. The number of hydrogen-bond donors (Lipinski definition) is 0. The Morgan fingerprint density at radius 1 is 1.20 bits per heavy atom. The van der Waals surface area contributed by atoms with Crippen molar-refractivity contribution in [3.05, 3.63) is 35.0 Å². The molecule has 0 saturated heterocycles. The largest absolute Gasteiger partial charge is 0.407 e. The highest BCUT2D eigenvalue weighted by atomic mass is 35.5. The molecular formula is C10H5ClN2OS. The zero-order valence-corrected chi connectivity index (χ0v) is 9.05. The van der Waals surface area contributed by atoms with E-state index < -0.39 is 0 Å². The van der Waals surface area contributed by atoms with Crippen LogP contribution in [0.1, 0.15) is 0 Å². The molecule has 0 atom stereocenters. The summed E-state index contributed by atoms with van der Waals surface area (Å²) in [6, 6.07) is 8.07. The van der Waals surface area contributed by atoms with Crippen LogP contribution in [0.5, 0.6) is 0 Å². The molecule has 74 valence electrons. The Hall–Kier alpha value is -1.39. The van der Waals surface area contributed by atoms with Crippen LogP contribution in [0.25, 0.3) is 21.5 Å². The minimum atomic E-state index is 0.0697. The molecule has 3 rings (SSSR count). The minimum absolute atomic E-state index is 0.0697. The van der Waals surface area contributed by atoms with E-state index in [9.17, 15) is 0 Å². The average Bonchev–Trinajstić information content (AvgIpc) is 2.83. The van der Waals surface area contributed by atoms with Gasteiger partial charge in [0.05, 0.1) is 5.56 Å². The van der Waals surface area contributed by atoms with Gasteiger partial charge in [0.25, 0.3) is 5.89 Å². The van der Waals surface area contributed by atoms with Gasteiger partial charge in [-0.25, -0.2) is 0 Å². The Labute approximate surface area is 94.3 Å². The second-order valence-electron chi connectivity index (χ2n) is 3.01. The molecular weight excluding hydrogens is 232 g/mol. The average molecular weight is 237 g/mol.